The van der Waals surface area contributed by atoms with Crippen LogP contribution in [-0.4, -0.2) is 42.6 Å². The third kappa shape index (κ3) is 3.81. The van der Waals surface area contributed by atoms with Crippen molar-refractivity contribution in [3.05, 3.63) is 15.6 Å². The van der Waals surface area contributed by atoms with E-state index in [0.29, 0.717) is 0 Å². The van der Waals surface area contributed by atoms with Crippen molar-refractivity contribution in [2.75, 3.05) is 32.7 Å². The van der Waals surface area contributed by atoms with Gasteiger partial charge in [-0.2, -0.15) is 0 Å². The third-order valence-corrected chi connectivity index (χ3v) is 4.71. The van der Waals surface area contributed by atoms with Crippen molar-refractivity contribution in [2.24, 2.45) is 0 Å². The summed E-state index contributed by atoms with van der Waals surface area (Å²) in [5, 5.41) is 4.75. The van der Waals surface area contributed by atoms with E-state index in [1.807, 2.05) is 11.3 Å². The molecule has 0 saturated carbocycles. The van der Waals surface area contributed by atoms with E-state index in [1.165, 1.54) is 49.6 Å². The van der Waals surface area contributed by atoms with Gasteiger partial charge in [0.2, 0.25) is 0 Å². The first-order chi connectivity index (χ1) is 7.92. The van der Waals surface area contributed by atoms with Crippen LogP contribution in [0.15, 0.2) is 0 Å². The molecule has 104 valence electrons. The number of rotatable bonds is 3. The highest BCUT2D eigenvalue weighted by molar-refractivity contribution is 7.11. The second kappa shape index (κ2) is 7.65. The smallest absolute Gasteiger partial charge is 0.0943 e. The van der Waals surface area contributed by atoms with Gasteiger partial charge >= 0.3 is 0 Å². The molecule has 0 amide bonds. The van der Waals surface area contributed by atoms with E-state index in [4.69, 9.17) is 4.98 Å². The van der Waals surface area contributed by atoms with Crippen molar-refractivity contribution in [2.45, 2.75) is 25.7 Å². The number of hydrogen-bond donors (Lipinski definition) is 1. The third-order valence-electron chi connectivity index (χ3n) is 3.49. The highest BCUT2D eigenvalue weighted by Crippen LogP contribution is 2.27. The predicted molar refractivity (Wildman–Crippen MR) is 81.6 cm³/mol. The summed E-state index contributed by atoms with van der Waals surface area (Å²) in [5.41, 5.74) is 1.40. The maximum Gasteiger partial charge on any atom is 0.0943 e. The number of piperazine rings is 1. The zero-order valence-electron chi connectivity index (χ0n) is 10.5. The Kier molecular flexibility index (Phi) is 6.88. The molecule has 1 aliphatic heterocycles. The van der Waals surface area contributed by atoms with E-state index < -0.39 is 0 Å². The summed E-state index contributed by atoms with van der Waals surface area (Å²) < 4.78 is 0. The fourth-order valence-corrected chi connectivity index (χ4v) is 3.68. The zero-order valence-corrected chi connectivity index (χ0v) is 12.9. The molecule has 0 radical (unpaired) electrons. The van der Waals surface area contributed by atoms with Crippen molar-refractivity contribution in [1.82, 2.24) is 15.2 Å². The highest BCUT2D eigenvalue weighted by atomic mass is 35.5. The maximum atomic E-state index is 4.75. The van der Waals surface area contributed by atoms with E-state index >= 15 is 0 Å². The molecule has 0 bridgehead atoms. The Balaban J connectivity index is 0.000000810. The van der Waals surface area contributed by atoms with E-state index in [2.05, 4.69) is 10.2 Å². The summed E-state index contributed by atoms with van der Waals surface area (Å²) >= 11 is 1.96. The van der Waals surface area contributed by atoms with Crippen LogP contribution in [0, 0.1) is 0 Å². The summed E-state index contributed by atoms with van der Waals surface area (Å²) in [4.78, 5) is 8.86. The average molecular weight is 310 g/mol. The molecule has 3 rings (SSSR count). The lowest BCUT2D eigenvalue weighted by atomic mass is 10.3. The van der Waals surface area contributed by atoms with Crippen molar-refractivity contribution < 1.29 is 0 Å². The van der Waals surface area contributed by atoms with Crippen LogP contribution >= 0.6 is 36.2 Å². The van der Waals surface area contributed by atoms with Crippen LogP contribution in [0.25, 0.3) is 0 Å². The number of fused-ring (bicyclic) bond motifs is 1. The molecule has 1 N–H and O–H groups in total. The normalized spacial score (nSPS) is 18.9. The van der Waals surface area contributed by atoms with E-state index in [-0.39, 0.29) is 24.8 Å². The number of nitrogens with one attached hydrogen (secondary N) is 1. The van der Waals surface area contributed by atoms with Crippen LogP contribution in [0.4, 0.5) is 0 Å². The number of hydrogen-bond acceptors (Lipinski definition) is 4. The van der Waals surface area contributed by atoms with Gasteiger partial charge in [-0.15, -0.1) is 36.2 Å². The number of halogens is 2. The molecule has 1 aromatic heterocycles. The van der Waals surface area contributed by atoms with Gasteiger partial charge in [0.05, 0.1) is 10.7 Å². The molecule has 0 unspecified atom stereocenters. The topological polar surface area (TPSA) is 28.2 Å². The van der Waals surface area contributed by atoms with Gasteiger partial charge in [-0.05, 0) is 19.3 Å². The Bertz CT molecular complexity index is 343. The number of aromatic nitrogens is 1. The molecule has 18 heavy (non-hydrogen) atoms. The minimum Gasteiger partial charge on any atom is -0.314 e. The first-order valence-corrected chi connectivity index (χ1v) is 7.14. The summed E-state index contributed by atoms with van der Waals surface area (Å²) in [5.74, 6) is 0. The molecular weight excluding hydrogens is 289 g/mol. The van der Waals surface area contributed by atoms with Gasteiger partial charge in [0.25, 0.3) is 0 Å². The average Bonchev–Trinajstić information content (AvgIpc) is 2.88. The van der Waals surface area contributed by atoms with Gasteiger partial charge in [-0.1, -0.05) is 0 Å². The standard InChI is InChI=1S/C12H19N3S.2ClH/c1-2-10-11(3-1)16-12(14-10)4-7-15-8-5-13-6-9-15;;/h13H,1-9H2;2*1H. The second-order valence-electron chi connectivity index (χ2n) is 4.67. The summed E-state index contributed by atoms with van der Waals surface area (Å²) in [6.45, 7) is 5.88. The quantitative estimate of drug-likeness (QED) is 0.924. The van der Waals surface area contributed by atoms with Gasteiger partial charge in [0.1, 0.15) is 0 Å². The van der Waals surface area contributed by atoms with Crippen LogP contribution in [0.2, 0.25) is 0 Å². The molecule has 6 heteroatoms. The largest absolute Gasteiger partial charge is 0.314 e. The molecule has 1 fully saturated rings. The maximum absolute atomic E-state index is 4.75. The highest BCUT2D eigenvalue weighted by Gasteiger charge is 2.17. The van der Waals surface area contributed by atoms with E-state index in [0.717, 1.165) is 19.5 Å². The lowest BCUT2D eigenvalue weighted by Gasteiger charge is -2.26. The Labute approximate surface area is 125 Å². The van der Waals surface area contributed by atoms with Crippen LogP contribution in [-0.2, 0) is 19.3 Å². The fraction of sp³-hybridized carbons (Fsp3) is 0.750. The number of thiazole rings is 1. The van der Waals surface area contributed by atoms with Gasteiger partial charge in [0.15, 0.2) is 0 Å². The Morgan fingerprint density at radius 2 is 1.94 bits per heavy atom. The van der Waals surface area contributed by atoms with Crippen molar-refractivity contribution in [3.8, 4) is 0 Å². The van der Waals surface area contributed by atoms with Crippen molar-refractivity contribution in [3.63, 3.8) is 0 Å². The Hall–Kier alpha value is 0.130. The molecule has 2 heterocycles. The van der Waals surface area contributed by atoms with Crippen molar-refractivity contribution >= 4 is 36.2 Å². The van der Waals surface area contributed by atoms with E-state index in [9.17, 15) is 0 Å². The first-order valence-electron chi connectivity index (χ1n) is 6.32. The number of nitrogens with zero attached hydrogens (tertiary/aromatic N) is 2. The predicted octanol–water partition coefficient (Wildman–Crippen LogP) is 1.92. The second-order valence-corrected chi connectivity index (χ2v) is 5.84. The summed E-state index contributed by atoms with van der Waals surface area (Å²) in [7, 11) is 0. The molecule has 0 spiro atoms. The SMILES string of the molecule is C1Cc2nc(CCN3CCNCC3)sc2C1.Cl.Cl. The first kappa shape index (κ1) is 16.2. The van der Waals surface area contributed by atoms with E-state index in [1.54, 1.807) is 4.88 Å². The van der Waals surface area contributed by atoms with Gasteiger partial charge in [0, 0.05) is 44.0 Å². The molecule has 1 saturated heterocycles. The van der Waals surface area contributed by atoms with Crippen LogP contribution in [0.3, 0.4) is 0 Å². The van der Waals surface area contributed by atoms with Gasteiger partial charge in [-0.3, -0.25) is 0 Å². The summed E-state index contributed by atoms with van der Waals surface area (Å²) in [6.07, 6.45) is 4.98. The van der Waals surface area contributed by atoms with Gasteiger partial charge < -0.3 is 10.2 Å². The monoisotopic (exact) mass is 309 g/mol. The molecule has 2 aliphatic rings. The Morgan fingerprint density at radius 1 is 1.17 bits per heavy atom. The van der Waals surface area contributed by atoms with Crippen LogP contribution in [0.1, 0.15) is 22.0 Å². The van der Waals surface area contributed by atoms with Crippen molar-refractivity contribution in [1.29, 1.82) is 0 Å². The number of aryl methyl sites for hydroxylation is 2. The fourth-order valence-electron chi connectivity index (χ4n) is 2.54. The minimum absolute atomic E-state index is 0. The zero-order chi connectivity index (χ0) is 10.8. The summed E-state index contributed by atoms with van der Waals surface area (Å²) in [6, 6.07) is 0. The lowest BCUT2D eigenvalue weighted by Crippen LogP contribution is -2.44. The molecule has 0 aromatic carbocycles. The molecular formula is C12H21Cl2N3S. The Morgan fingerprint density at radius 3 is 2.67 bits per heavy atom. The molecule has 3 nitrogen and oxygen atoms in total. The minimum atomic E-state index is 0. The lowest BCUT2D eigenvalue weighted by molar-refractivity contribution is 0.244. The molecule has 1 aromatic rings. The molecule has 1 aliphatic carbocycles. The van der Waals surface area contributed by atoms with Crippen LogP contribution in [0.5, 0.6) is 0 Å². The van der Waals surface area contributed by atoms with Gasteiger partial charge in [-0.25, -0.2) is 4.98 Å². The molecule has 0 atom stereocenters. The van der Waals surface area contributed by atoms with Crippen LogP contribution < -0.4 is 5.32 Å².